The van der Waals surface area contributed by atoms with Gasteiger partial charge in [0.2, 0.25) is 0 Å². The first-order valence-electron chi connectivity index (χ1n) is 6.08. The molecular weight excluding hydrogens is 200 g/mol. The Bertz CT molecular complexity index is 295. The number of rotatable bonds is 5. The SMILES string of the molecule is CC(NCCN1CCCC1)c1cnccn1. The van der Waals surface area contributed by atoms with E-state index in [2.05, 4.69) is 27.1 Å². The van der Waals surface area contributed by atoms with Gasteiger partial charge in [0, 0.05) is 37.7 Å². The van der Waals surface area contributed by atoms with E-state index in [-0.39, 0.29) is 6.04 Å². The van der Waals surface area contributed by atoms with Crippen LogP contribution < -0.4 is 5.32 Å². The predicted octanol–water partition coefficient (Wildman–Crippen LogP) is 1.22. The number of hydrogen-bond acceptors (Lipinski definition) is 4. The third kappa shape index (κ3) is 3.25. The molecule has 1 unspecified atom stereocenters. The summed E-state index contributed by atoms with van der Waals surface area (Å²) >= 11 is 0. The van der Waals surface area contributed by atoms with Crippen molar-refractivity contribution in [2.45, 2.75) is 25.8 Å². The molecule has 4 heteroatoms. The molecule has 2 rings (SSSR count). The minimum Gasteiger partial charge on any atom is -0.308 e. The van der Waals surface area contributed by atoms with Gasteiger partial charge in [-0.15, -0.1) is 0 Å². The topological polar surface area (TPSA) is 41.0 Å². The Balaban J connectivity index is 1.69. The minimum absolute atomic E-state index is 0.288. The van der Waals surface area contributed by atoms with Gasteiger partial charge in [0.15, 0.2) is 0 Å². The molecule has 1 atom stereocenters. The van der Waals surface area contributed by atoms with E-state index in [1.54, 1.807) is 12.4 Å². The van der Waals surface area contributed by atoms with Crippen LogP contribution in [0.5, 0.6) is 0 Å². The molecule has 1 aliphatic heterocycles. The Labute approximate surface area is 97.1 Å². The van der Waals surface area contributed by atoms with Crippen molar-refractivity contribution in [3.8, 4) is 0 Å². The molecule has 0 bridgehead atoms. The standard InChI is InChI=1S/C12H20N4/c1-11(12-10-13-4-5-15-12)14-6-9-16-7-2-3-8-16/h4-5,10-11,14H,2-3,6-9H2,1H3. The highest BCUT2D eigenvalue weighted by Gasteiger charge is 2.11. The van der Waals surface area contributed by atoms with Gasteiger partial charge in [-0.2, -0.15) is 0 Å². The average Bonchev–Trinajstić information content (AvgIpc) is 2.83. The van der Waals surface area contributed by atoms with Crippen LogP contribution in [0.15, 0.2) is 18.6 Å². The van der Waals surface area contributed by atoms with Crippen LogP contribution in [-0.2, 0) is 0 Å². The second-order valence-electron chi connectivity index (χ2n) is 4.35. The highest BCUT2D eigenvalue weighted by atomic mass is 15.2. The molecule has 1 aromatic rings. The molecule has 1 aromatic heterocycles. The molecule has 0 saturated carbocycles. The zero-order valence-electron chi connectivity index (χ0n) is 9.89. The summed E-state index contributed by atoms with van der Waals surface area (Å²) in [4.78, 5) is 10.9. The summed E-state index contributed by atoms with van der Waals surface area (Å²) in [7, 11) is 0. The molecule has 1 fully saturated rings. The van der Waals surface area contributed by atoms with Gasteiger partial charge >= 0.3 is 0 Å². The Morgan fingerprint density at radius 1 is 1.38 bits per heavy atom. The van der Waals surface area contributed by atoms with E-state index < -0.39 is 0 Å². The van der Waals surface area contributed by atoms with Crippen molar-refractivity contribution in [3.63, 3.8) is 0 Å². The molecule has 0 aromatic carbocycles. The van der Waals surface area contributed by atoms with Gasteiger partial charge in [0.1, 0.15) is 0 Å². The van der Waals surface area contributed by atoms with Gasteiger partial charge in [0.05, 0.1) is 5.69 Å². The van der Waals surface area contributed by atoms with Crippen molar-refractivity contribution in [1.82, 2.24) is 20.2 Å². The van der Waals surface area contributed by atoms with Crippen molar-refractivity contribution in [1.29, 1.82) is 0 Å². The minimum atomic E-state index is 0.288. The van der Waals surface area contributed by atoms with Gasteiger partial charge in [-0.05, 0) is 32.9 Å². The summed E-state index contributed by atoms with van der Waals surface area (Å²) < 4.78 is 0. The molecule has 4 nitrogen and oxygen atoms in total. The lowest BCUT2D eigenvalue weighted by molar-refractivity contribution is 0.329. The Morgan fingerprint density at radius 3 is 2.88 bits per heavy atom. The Hall–Kier alpha value is -1.00. The van der Waals surface area contributed by atoms with Crippen LogP contribution >= 0.6 is 0 Å². The van der Waals surface area contributed by atoms with Crippen LogP contribution in [0.2, 0.25) is 0 Å². The fraction of sp³-hybridized carbons (Fsp3) is 0.667. The van der Waals surface area contributed by atoms with E-state index in [1.165, 1.54) is 25.9 Å². The molecule has 0 aliphatic carbocycles. The third-order valence-electron chi connectivity index (χ3n) is 3.10. The van der Waals surface area contributed by atoms with Crippen LogP contribution in [0.25, 0.3) is 0 Å². The van der Waals surface area contributed by atoms with Crippen molar-refractivity contribution < 1.29 is 0 Å². The number of nitrogens with zero attached hydrogens (tertiary/aromatic N) is 3. The van der Waals surface area contributed by atoms with Crippen molar-refractivity contribution >= 4 is 0 Å². The molecule has 1 saturated heterocycles. The molecule has 0 radical (unpaired) electrons. The normalized spacial score (nSPS) is 18.8. The van der Waals surface area contributed by atoms with Crippen molar-refractivity contribution in [2.24, 2.45) is 0 Å². The van der Waals surface area contributed by atoms with E-state index >= 15 is 0 Å². The summed E-state index contributed by atoms with van der Waals surface area (Å²) in [6.45, 7) is 6.83. The second kappa shape index (κ2) is 5.92. The van der Waals surface area contributed by atoms with Crippen LogP contribution in [0, 0.1) is 0 Å². The van der Waals surface area contributed by atoms with Gasteiger partial charge in [0.25, 0.3) is 0 Å². The average molecular weight is 220 g/mol. The molecule has 1 N–H and O–H groups in total. The Morgan fingerprint density at radius 2 is 2.19 bits per heavy atom. The van der Waals surface area contributed by atoms with E-state index in [1.807, 2.05) is 6.20 Å². The van der Waals surface area contributed by atoms with E-state index in [9.17, 15) is 0 Å². The molecular formula is C12H20N4. The summed E-state index contributed by atoms with van der Waals surface area (Å²) in [5.74, 6) is 0. The van der Waals surface area contributed by atoms with Crippen molar-refractivity contribution in [2.75, 3.05) is 26.2 Å². The molecule has 88 valence electrons. The second-order valence-corrected chi connectivity index (χ2v) is 4.35. The van der Waals surface area contributed by atoms with E-state index in [4.69, 9.17) is 0 Å². The van der Waals surface area contributed by atoms with Gasteiger partial charge < -0.3 is 10.2 Å². The zero-order chi connectivity index (χ0) is 11.2. The first kappa shape index (κ1) is 11.5. The monoisotopic (exact) mass is 220 g/mol. The van der Waals surface area contributed by atoms with Gasteiger partial charge in [-0.25, -0.2) is 0 Å². The first-order valence-corrected chi connectivity index (χ1v) is 6.08. The lowest BCUT2D eigenvalue weighted by atomic mass is 10.2. The molecule has 16 heavy (non-hydrogen) atoms. The van der Waals surface area contributed by atoms with Gasteiger partial charge in [-0.3, -0.25) is 9.97 Å². The maximum atomic E-state index is 4.29. The van der Waals surface area contributed by atoms with Crippen molar-refractivity contribution in [3.05, 3.63) is 24.3 Å². The van der Waals surface area contributed by atoms with Crippen LogP contribution in [-0.4, -0.2) is 41.0 Å². The lowest BCUT2D eigenvalue weighted by Crippen LogP contribution is -2.31. The molecule has 2 heterocycles. The molecule has 0 amide bonds. The van der Waals surface area contributed by atoms with Crippen LogP contribution in [0.1, 0.15) is 31.5 Å². The molecule has 1 aliphatic rings. The maximum Gasteiger partial charge on any atom is 0.0753 e. The summed E-state index contributed by atoms with van der Waals surface area (Å²) in [6, 6.07) is 0.288. The zero-order valence-corrected chi connectivity index (χ0v) is 9.89. The highest BCUT2D eigenvalue weighted by Crippen LogP contribution is 2.08. The first-order chi connectivity index (χ1) is 7.86. The van der Waals surface area contributed by atoms with Gasteiger partial charge in [-0.1, -0.05) is 0 Å². The van der Waals surface area contributed by atoms with Crippen LogP contribution in [0.3, 0.4) is 0 Å². The van der Waals surface area contributed by atoms with Crippen LogP contribution in [0.4, 0.5) is 0 Å². The lowest BCUT2D eigenvalue weighted by Gasteiger charge is -2.17. The van der Waals surface area contributed by atoms with E-state index in [0.29, 0.717) is 0 Å². The third-order valence-corrected chi connectivity index (χ3v) is 3.10. The maximum absolute atomic E-state index is 4.29. The summed E-state index contributed by atoms with van der Waals surface area (Å²) in [5.41, 5.74) is 1.02. The number of nitrogens with one attached hydrogen (secondary N) is 1. The smallest absolute Gasteiger partial charge is 0.0753 e. The summed E-state index contributed by atoms with van der Waals surface area (Å²) in [6.07, 6.45) is 8.00. The largest absolute Gasteiger partial charge is 0.308 e. The fourth-order valence-electron chi connectivity index (χ4n) is 2.08. The van der Waals surface area contributed by atoms with E-state index in [0.717, 1.165) is 18.8 Å². The summed E-state index contributed by atoms with van der Waals surface area (Å²) in [5, 5.41) is 3.48. The highest BCUT2D eigenvalue weighted by molar-refractivity contribution is 5.00. The fourth-order valence-corrected chi connectivity index (χ4v) is 2.08. The number of aromatic nitrogens is 2. The quantitative estimate of drug-likeness (QED) is 0.810. The predicted molar refractivity (Wildman–Crippen MR) is 64.1 cm³/mol. The number of likely N-dealkylation sites (tertiary alicyclic amines) is 1. The number of hydrogen-bond donors (Lipinski definition) is 1. The Kier molecular flexibility index (Phi) is 4.25. The molecule has 0 spiro atoms.